The lowest BCUT2D eigenvalue weighted by Gasteiger charge is -2.17. The number of carbonyl (C=O) groups excluding carboxylic acids is 1. The van der Waals surface area contributed by atoms with Gasteiger partial charge in [0.25, 0.3) is 0 Å². The molecule has 4 aromatic rings. The van der Waals surface area contributed by atoms with Crippen molar-refractivity contribution in [1.29, 1.82) is 0 Å². The first-order valence-electron chi connectivity index (χ1n) is 10.2. The third kappa shape index (κ3) is 5.64. The summed E-state index contributed by atoms with van der Waals surface area (Å²) in [6, 6.07) is 24.5. The summed E-state index contributed by atoms with van der Waals surface area (Å²) in [6.07, 6.45) is 2.86. The normalized spacial score (nSPS) is 11.8. The summed E-state index contributed by atoms with van der Waals surface area (Å²) in [6.45, 7) is 2.08. The lowest BCUT2D eigenvalue weighted by atomic mass is 9.88. The summed E-state index contributed by atoms with van der Waals surface area (Å²) in [7, 11) is 0. The molecular formula is C26H23FN2OS. The van der Waals surface area contributed by atoms with Gasteiger partial charge in [-0.25, -0.2) is 9.37 Å². The molecule has 4 rings (SSSR count). The summed E-state index contributed by atoms with van der Waals surface area (Å²) >= 11 is 1.49. The van der Waals surface area contributed by atoms with Crippen LogP contribution in [-0.2, 0) is 11.2 Å². The Hall–Kier alpha value is -3.31. The number of hydrogen-bond donors (Lipinski definition) is 1. The van der Waals surface area contributed by atoms with Gasteiger partial charge in [0.2, 0.25) is 5.91 Å². The predicted molar refractivity (Wildman–Crippen MR) is 124 cm³/mol. The number of carbonyl (C=O) groups is 1. The lowest BCUT2D eigenvalue weighted by molar-refractivity contribution is -0.116. The number of anilines is 1. The number of amides is 1. The van der Waals surface area contributed by atoms with Gasteiger partial charge in [0.05, 0.1) is 0 Å². The minimum atomic E-state index is -0.288. The van der Waals surface area contributed by atoms with E-state index in [1.54, 1.807) is 12.1 Å². The van der Waals surface area contributed by atoms with Crippen molar-refractivity contribution in [3.05, 3.63) is 118 Å². The maximum atomic E-state index is 13.4. The zero-order chi connectivity index (χ0) is 21.6. The molecule has 5 heteroatoms. The molecule has 1 heterocycles. The molecule has 31 heavy (non-hydrogen) atoms. The Morgan fingerprint density at radius 1 is 1.00 bits per heavy atom. The van der Waals surface area contributed by atoms with E-state index in [2.05, 4.69) is 35.4 Å². The van der Waals surface area contributed by atoms with E-state index in [0.717, 1.165) is 22.4 Å². The molecule has 0 bridgehead atoms. The van der Waals surface area contributed by atoms with Crippen LogP contribution in [0.3, 0.4) is 0 Å². The molecule has 1 amide bonds. The topological polar surface area (TPSA) is 42.0 Å². The van der Waals surface area contributed by atoms with E-state index < -0.39 is 0 Å². The maximum Gasteiger partial charge on any atom is 0.227 e. The monoisotopic (exact) mass is 430 g/mol. The van der Waals surface area contributed by atoms with Crippen molar-refractivity contribution < 1.29 is 9.18 Å². The van der Waals surface area contributed by atoms with Crippen LogP contribution in [0.2, 0.25) is 0 Å². The fourth-order valence-corrected chi connectivity index (χ4v) is 4.50. The SMILES string of the molecule is Cc1cccc(Cc2cnc(NC(=O)CC(c3ccccc3)c3ccc(F)cc3)s2)c1. The van der Waals surface area contributed by atoms with Crippen LogP contribution >= 0.6 is 11.3 Å². The van der Waals surface area contributed by atoms with Crippen molar-refractivity contribution >= 4 is 22.4 Å². The Morgan fingerprint density at radius 3 is 2.48 bits per heavy atom. The summed E-state index contributed by atoms with van der Waals surface area (Å²) in [5, 5.41) is 3.53. The molecule has 1 unspecified atom stereocenters. The second kappa shape index (κ2) is 9.67. The molecule has 1 N–H and O–H groups in total. The quantitative estimate of drug-likeness (QED) is 0.372. The highest BCUT2D eigenvalue weighted by Gasteiger charge is 2.19. The van der Waals surface area contributed by atoms with Crippen molar-refractivity contribution in [1.82, 2.24) is 4.98 Å². The van der Waals surface area contributed by atoms with Gasteiger partial charge in [-0.2, -0.15) is 0 Å². The van der Waals surface area contributed by atoms with E-state index in [4.69, 9.17) is 0 Å². The van der Waals surface area contributed by atoms with Gasteiger partial charge in [0.15, 0.2) is 5.13 Å². The average molecular weight is 431 g/mol. The van der Waals surface area contributed by atoms with E-state index in [0.29, 0.717) is 5.13 Å². The van der Waals surface area contributed by atoms with Crippen LogP contribution in [0.1, 0.15) is 39.5 Å². The number of benzene rings is 3. The molecule has 0 spiro atoms. The Morgan fingerprint density at radius 2 is 1.74 bits per heavy atom. The second-order valence-electron chi connectivity index (χ2n) is 7.56. The number of thiazole rings is 1. The zero-order valence-corrected chi connectivity index (χ0v) is 18.0. The average Bonchev–Trinajstić information content (AvgIpc) is 3.20. The van der Waals surface area contributed by atoms with Crippen LogP contribution in [0, 0.1) is 12.7 Å². The molecule has 0 aliphatic heterocycles. The molecule has 156 valence electrons. The molecule has 3 aromatic carbocycles. The summed E-state index contributed by atoms with van der Waals surface area (Å²) in [5.41, 5.74) is 4.37. The first-order chi connectivity index (χ1) is 15.1. The molecule has 0 fully saturated rings. The molecule has 0 aliphatic rings. The Balaban J connectivity index is 1.46. The fourth-order valence-electron chi connectivity index (χ4n) is 3.63. The molecule has 1 atom stereocenters. The highest BCUT2D eigenvalue weighted by Crippen LogP contribution is 2.29. The van der Waals surface area contributed by atoms with E-state index in [1.165, 1.54) is 34.6 Å². The van der Waals surface area contributed by atoms with Crippen LogP contribution in [0.25, 0.3) is 0 Å². The molecule has 0 radical (unpaired) electrons. The van der Waals surface area contributed by atoms with E-state index in [-0.39, 0.29) is 24.1 Å². The number of halogens is 1. The minimum Gasteiger partial charge on any atom is -0.302 e. The lowest BCUT2D eigenvalue weighted by Crippen LogP contribution is -2.16. The van der Waals surface area contributed by atoms with Crippen molar-refractivity contribution in [3.8, 4) is 0 Å². The Kier molecular flexibility index (Phi) is 6.53. The van der Waals surface area contributed by atoms with Crippen molar-refractivity contribution in [2.24, 2.45) is 0 Å². The first-order valence-corrected chi connectivity index (χ1v) is 11.0. The van der Waals surface area contributed by atoms with Crippen LogP contribution in [0.15, 0.2) is 85.1 Å². The first kappa shape index (κ1) is 20.9. The number of aryl methyl sites for hydroxylation is 1. The summed E-state index contributed by atoms with van der Waals surface area (Å²) < 4.78 is 13.4. The van der Waals surface area contributed by atoms with Gasteiger partial charge in [0.1, 0.15) is 5.82 Å². The van der Waals surface area contributed by atoms with E-state index in [9.17, 15) is 9.18 Å². The van der Waals surface area contributed by atoms with Gasteiger partial charge in [-0.15, -0.1) is 11.3 Å². The molecule has 0 saturated carbocycles. The van der Waals surface area contributed by atoms with Gasteiger partial charge in [-0.05, 0) is 35.7 Å². The zero-order valence-electron chi connectivity index (χ0n) is 17.2. The number of aromatic nitrogens is 1. The highest BCUT2D eigenvalue weighted by atomic mass is 32.1. The number of hydrogen-bond acceptors (Lipinski definition) is 3. The molecule has 0 saturated heterocycles. The fraction of sp³-hybridized carbons (Fsp3) is 0.154. The third-order valence-electron chi connectivity index (χ3n) is 5.12. The van der Waals surface area contributed by atoms with Gasteiger partial charge < -0.3 is 5.32 Å². The minimum absolute atomic E-state index is 0.116. The largest absolute Gasteiger partial charge is 0.302 e. The second-order valence-corrected chi connectivity index (χ2v) is 8.68. The van der Waals surface area contributed by atoms with Crippen LogP contribution in [0.4, 0.5) is 9.52 Å². The van der Waals surface area contributed by atoms with Gasteiger partial charge in [-0.3, -0.25) is 4.79 Å². The molecule has 3 nitrogen and oxygen atoms in total. The number of nitrogens with zero attached hydrogens (tertiary/aromatic N) is 1. The van der Waals surface area contributed by atoms with E-state index in [1.807, 2.05) is 42.6 Å². The number of nitrogens with one attached hydrogen (secondary N) is 1. The molecule has 1 aromatic heterocycles. The van der Waals surface area contributed by atoms with Gasteiger partial charge in [0, 0.05) is 29.8 Å². The van der Waals surface area contributed by atoms with E-state index >= 15 is 0 Å². The van der Waals surface area contributed by atoms with Gasteiger partial charge in [-0.1, -0.05) is 72.3 Å². The van der Waals surface area contributed by atoms with Crippen LogP contribution in [0.5, 0.6) is 0 Å². The smallest absolute Gasteiger partial charge is 0.227 e. The third-order valence-corrected chi connectivity index (χ3v) is 6.04. The summed E-state index contributed by atoms with van der Waals surface area (Å²) in [5.74, 6) is -0.563. The van der Waals surface area contributed by atoms with Crippen LogP contribution in [-0.4, -0.2) is 10.9 Å². The van der Waals surface area contributed by atoms with Crippen molar-refractivity contribution in [2.75, 3.05) is 5.32 Å². The van der Waals surface area contributed by atoms with Gasteiger partial charge >= 0.3 is 0 Å². The summed E-state index contributed by atoms with van der Waals surface area (Å²) in [4.78, 5) is 18.3. The highest BCUT2D eigenvalue weighted by molar-refractivity contribution is 7.15. The van der Waals surface area contributed by atoms with Crippen molar-refractivity contribution in [3.63, 3.8) is 0 Å². The Bertz CT molecular complexity index is 1160. The van der Waals surface area contributed by atoms with Crippen LogP contribution < -0.4 is 5.32 Å². The Labute approximate surface area is 185 Å². The molecule has 0 aliphatic carbocycles. The maximum absolute atomic E-state index is 13.4. The van der Waals surface area contributed by atoms with Crippen molar-refractivity contribution in [2.45, 2.75) is 25.7 Å². The predicted octanol–water partition coefficient (Wildman–Crippen LogP) is 6.34. The number of rotatable bonds is 7. The molecular weight excluding hydrogens is 407 g/mol. The standard InChI is InChI=1S/C26H23FN2OS/c1-18-6-5-7-19(14-18)15-23-17-28-26(31-23)29-25(30)16-24(20-8-3-2-4-9-20)21-10-12-22(27)13-11-21/h2-14,17,24H,15-16H2,1H3,(H,28,29,30).